The predicted octanol–water partition coefficient (Wildman–Crippen LogP) is 7.39. The van der Waals surface area contributed by atoms with Crippen molar-refractivity contribution in [2.45, 2.75) is 102 Å². The molecule has 4 aliphatic rings. The molecular formula is C28H42O2. The summed E-state index contributed by atoms with van der Waals surface area (Å²) in [7, 11) is 1.73. The van der Waals surface area contributed by atoms with Gasteiger partial charge in [-0.2, -0.15) is 0 Å². The second kappa shape index (κ2) is 8.15. The number of hydrogen-bond donors (Lipinski definition) is 0. The molecule has 0 amide bonds. The smallest absolute Gasteiger partial charge is 0.188 e. The van der Waals surface area contributed by atoms with E-state index in [4.69, 9.17) is 9.47 Å². The molecule has 5 unspecified atom stereocenters. The van der Waals surface area contributed by atoms with Crippen molar-refractivity contribution in [1.29, 1.82) is 0 Å². The summed E-state index contributed by atoms with van der Waals surface area (Å²) in [6, 6.07) is 7.32. The predicted molar refractivity (Wildman–Crippen MR) is 123 cm³/mol. The Bertz CT molecular complexity index is 739. The maximum absolute atomic E-state index is 6.19. The first-order chi connectivity index (χ1) is 14.5. The fourth-order valence-corrected chi connectivity index (χ4v) is 8.48. The van der Waals surface area contributed by atoms with Gasteiger partial charge in [-0.3, -0.25) is 0 Å². The summed E-state index contributed by atoms with van der Waals surface area (Å²) in [5, 5.41) is 0. The Hall–Kier alpha value is -1.02. The van der Waals surface area contributed by atoms with E-state index in [0.29, 0.717) is 17.6 Å². The Labute approximate surface area is 184 Å². The quantitative estimate of drug-likeness (QED) is 0.471. The van der Waals surface area contributed by atoms with E-state index in [0.717, 1.165) is 29.4 Å². The minimum absolute atomic E-state index is 0.320. The molecule has 4 aliphatic carbocycles. The maximum atomic E-state index is 6.19. The third-order valence-corrected chi connectivity index (χ3v) is 9.37. The van der Waals surface area contributed by atoms with Crippen LogP contribution in [0.4, 0.5) is 0 Å². The fraction of sp³-hybridized carbons (Fsp3) is 0.786. The van der Waals surface area contributed by atoms with Gasteiger partial charge in [-0.1, -0.05) is 58.1 Å². The summed E-state index contributed by atoms with van der Waals surface area (Å²) in [6.07, 6.45) is 16.9. The van der Waals surface area contributed by atoms with E-state index < -0.39 is 0 Å². The van der Waals surface area contributed by atoms with Crippen LogP contribution in [0.5, 0.6) is 5.75 Å². The molecule has 4 saturated carbocycles. The standard InChI is InChI=1S/C28H42O2/c1-20-12-21-8-5-11-28(15-20,18-21)25-14-24(9-10-26(25)30-19-29-3)27(2)16-22-6-4-7-23(13-22)17-27/h9-10,14,20-23H,4-8,11-13,15-19H2,1-3H3. The van der Waals surface area contributed by atoms with Crippen molar-refractivity contribution in [2.75, 3.05) is 13.9 Å². The van der Waals surface area contributed by atoms with Crippen LogP contribution in [0.15, 0.2) is 18.2 Å². The van der Waals surface area contributed by atoms with Crippen LogP contribution < -0.4 is 4.74 Å². The number of benzene rings is 1. The highest BCUT2D eigenvalue weighted by Gasteiger charge is 2.46. The molecule has 4 bridgehead atoms. The van der Waals surface area contributed by atoms with Crippen LogP contribution in [0.2, 0.25) is 0 Å². The van der Waals surface area contributed by atoms with Crippen LogP contribution in [0.1, 0.15) is 102 Å². The molecule has 2 nitrogen and oxygen atoms in total. The molecule has 4 fully saturated rings. The van der Waals surface area contributed by atoms with E-state index in [2.05, 4.69) is 32.0 Å². The lowest BCUT2D eigenvalue weighted by Gasteiger charge is -2.49. The van der Waals surface area contributed by atoms with E-state index in [1.165, 1.54) is 82.6 Å². The average Bonchev–Trinajstić information content (AvgIpc) is 2.71. The SMILES string of the molecule is COCOc1ccc(C2(C)CC3CCCC(C3)C2)cc1C12CCCC(CC(C)C1)C2. The van der Waals surface area contributed by atoms with Gasteiger partial charge in [-0.25, -0.2) is 0 Å². The molecule has 1 aromatic rings. The van der Waals surface area contributed by atoms with Gasteiger partial charge in [0.25, 0.3) is 0 Å². The van der Waals surface area contributed by atoms with Gasteiger partial charge in [0.05, 0.1) is 0 Å². The van der Waals surface area contributed by atoms with Gasteiger partial charge in [0, 0.05) is 12.7 Å². The molecule has 2 heteroatoms. The molecular weight excluding hydrogens is 368 g/mol. The number of methoxy groups -OCH3 is 1. The third-order valence-electron chi connectivity index (χ3n) is 9.37. The highest BCUT2D eigenvalue weighted by Crippen LogP contribution is 2.56. The van der Waals surface area contributed by atoms with E-state index in [1.807, 2.05) is 0 Å². The molecule has 30 heavy (non-hydrogen) atoms. The summed E-state index contributed by atoms with van der Waals surface area (Å²) in [5.41, 5.74) is 3.77. The highest BCUT2D eigenvalue weighted by molar-refractivity contribution is 5.46. The van der Waals surface area contributed by atoms with Crippen molar-refractivity contribution in [1.82, 2.24) is 0 Å². The molecule has 1 aromatic carbocycles. The average molecular weight is 411 g/mol. The molecule has 5 rings (SSSR count). The minimum Gasteiger partial charge on any atom is -0.467 e. The van der Waals surface area contributed by atoms with Gasteiger partial charge in [-0.05, 0) is 91.1 Å². The van der Waals surface area contributed by atoms with Crippen molar-refractivity contribution in [2.24, 2.45) is 23.7 Å². The molecule has 0 aliphatic heterocycles. The lowest BCUT2D eigenvalue weighted by molar-refractivity contribution is 0.0459. The van der Waals surface area contributed by atoms with Gasteiger partial charge >= 0.3 is 0 Å². The van der Waals surface area contributed by atoms with Crippen LogP contribution >= 0.6 is 0 Å². The summed E-state index contributed by atoms with van der Waals surface area (Å²) in [6.45, 7) is 5.40. The Morgan fingerprint density at radius 3 is 2.43 bits per heavy atom. The van der Waals surface area contributed by atoms with Gasteiger partial charge in [0.2, 0.25) is 0 Å². The summed E-state index contributed by atoms with van der Waals surface area (Å²) >= 11 is 0. The second-order valence-corrected chi connectivity index (χ2v) is 11.9. The maximum Gasteiger partial charge on any atom is 0.188 e. The Kier molecular flexibility index (Phi) is 5.67. The van der Waals surface area contributed by atoms with Crippen LogP contribution in [0, 0.1) is 23.7 Å². The molecule has 0 radical (unpaired) electrons. The Morgan fingerprint density at radius 1 is 0.933 bits per heavy atom. The van der Waals surface area contributed by atoms with Crippen molar-refractivity contribution in [3.05, 3.63) is 29.3 Å². The van der Waals surface area contributed by atoms with Crippen molar-refractivity contribution in [3.63, 3.8) is 0 Å². The number of ether oxygens (including phenoxy) is 2. The summed E-state index contributed by atoms with van der Waals surface area (Å²) < 4.78 is 11.5. The van der Waals surface area contributed by atoms with E-state index >= 15 is 0 Å². The zero-order valence-corrected chi connectivity index (χ0v) is 19.6. The molecule has 0 N–H and O–H groups in total. The molecule has 166 valence electrons. The summed E-state index contributed by atoms with van der Waals surface area (Å²) in [5.74, 6) is 4.72. The number of hydrogen-bond acceptors (Lipinski definition) is 2. The van der Waals surface area contributed by atoms with E-state index in [-0.39, 0.29) is 0 Å². The first kappa shape index (κ1) is 20.9. The lowest BCUT2D eigenvalue weighted by atomic mass is 9.55. The largest absolute Gasteiger partial charge is 0.467 e. The third kappa shape index (κ3) is 3.83. The van der Waals surface area contributed by atoms with Gasteiger partial charge < -0.3 is 9.47 Å². The van der Waals surface area contributed by atoms with Crippen LogP contribution in [0.25, 0.3) is 0 Å². The van der Waals surface area contributed by atoms with Crippen molar-refractivity contribution in [3.8, 4) is 5.75 Å². The van der Waals surface area contributed by atoms with Crippen molar-refractivity contribution < 1.29 is 9.47 Å². The first-order valence-electron chi connectivity index (χ1n) is 12.8. The normalized spacial score (nSPS) is 40.8. The monoisotopic (exact) mass is 410 g/mol. The lowest BCUT2D eigenvalue weighted by Crippen LogP contribution is -2.41. The van der Waals surface area contributed by atoms with Crippen LogP contribution in [-0.2, 0) is 15.6 Å². The first-order valence-corrected chi connectivity index (χ1v) is 12.8. The second-order valence-electron chi connectivity index (χ2n) is 11.9. The zero-order chi connectivity index (χ0) is 20.8. The van der Waals surface area contributed by atoms with E-state index in [9.17, 15) is 0 Å². The number of rotatable bonds is 5. The fourth-order valence-electron chi connectivity index (χ4n) is 8.48. The molecule has 5 atom stereocenters. The van der Waals surface area contributed by atoms with Crippen LogP contribution in [-0.4, -0.2) is 13.9 Å². The molecule has 0 aromatic heterocycles. The van der Waals surface area contributed by atoms with Gasteiger partial charge in [-0.15, -0.1) is 0 Å². The molecule has 0 heterocycles. The topological polar surface area (TPSA) is 18.5 Å². The van der Waals surface area contributed by atoms with Crippen molar-refractivity contribution >= 4 is 0 Å². The molecule has 0 spiro atoms. The molecule has 0 saturated heterocycles. The van der Waals surface area contributed by atoms with Gasteiger partial charge in [0.1, 0.15) is 5.75 Å². The number of fused-ring (bicyclic) bond motifs is 4. The zero-order valence-electron chi connectivity index (χ0n) is 19.6. The van der Waals surface area contributed by atoms with Crippen LogP contribution in [0.3, 0.4) is 0 Å². The highest BCUT2D eigenvalue weighted by atomic mass is 16.7. The van der Waals surface area contributed by atoms with E-state index in [1.54, 1.807) is 12.7 Å². The minimum atomic E-state index is 0.320. The van der Waals surface area contributed by atoms with Gasteiger partial charge in [0.15, 0.2) is 6.79 Å². The Balaban J connectivity index is 1.53. The Morgan fingerprint density at radius 2 is 1.67 bits per heavy atom. The summed E-state index contributed by atoms with van der Waals surface area (Å²) in [4.78, 5) is 0.